The minimum Gasteiger partial charge on any atom is -0.448 e. The lowest BCUT2D eigenvalue weighted by molar-refractivity contribution is -0.123. The van der Waals surface area contributed by atoms with E-state index in [2.05, 4.69) is 15.3 Å². The molecule has 3 rings (SSSR count). The standard InChI is InChI=1S/C20H21N3O4S/c1-9-7-6-8-10(2)15(9)23-17(24)12(4)27-20(26)16-11(3)14-18(25)21-13(5)22-19(14)28-16/h6-8,12H,1-5H3,(H,23,24)(H,21,22,25)/t12-/m0/s1. The van der Waals surface area contributed by atoms with Gasteiger partial charge in [0.1, 0.15) is 15.5 Å². The number of nitrogens with zero attached hydrogens (tertiary/aromatic N) is 1. The number of aromatic nitrogens is 2. The predicted octanol–water partition coefficient (Wildman–Crippen LogP) is 3.40. The molecule has 0 bridgehead atoms. The molecule has 0 aliphatic heterocycles. The van der Waals surface area contributed by atoms with Gasteiger partial charge in [-0.05, 0) is 51.3 Å². The molecule has 2 aromatic heterocycles. The molecule has 2 N–H and O–H groups in total. The Morgan fingerprint density at radius 1 is 1.18 bits per heavy atom. The SMILES string of the molecule is Cc1nc2sc(C(=O)O[C@@H](C)C(=O)Nc3c(C)cccc3C)c(C)c2c(=O)[nH]1. The molecule has 2 heterocycles. The van der Waals surface area contributed by atoms with Gasteiger partial charge in [-0.15, -0.1) is 11.3 Å². The van der Waals surface area contributed by atoms with Crippen LogP contribution in [0.3, 0.4) is 0 Å². The number of hydrogen-bond acceptors (Lipinski definition) is 6. The molecule has 3 aromatic rings. The van der Waals surface area contributed by atoms with Crippen LogP contribution in [0.15, 0.2) is 23.0 Å². The summed E-state index contributed by atoms with van der Waals surface area (Å²) >= 11 is 1.09. The summed E-state index contributed by atoms with van der Waals surface area (Å²) in [5.74, 6) is -0.599. The molecule has 0 saturated heterocycles. The molecule has 28 heavy (non-hydrogen) atoms. The van der Waals surface area contributed by atoms with E-state index in [0.717, 1.165) is 22.5 Å². The number of rotatable bonds is 4. The lowest BCUT2D eigenvalue weighted by atomic mass is 10.1. The molecule has 1 amide bonds. The van der Waals surface area contributed by atoms with Crippen molar-refractivity contribution in [1.29, 1.82) is 0 Å². The fourth-order valence-corrected chi connectivity index (χ4v) is 4.06. The van der Waals surface area contributed by atoms with E-state index >= 15 is 0 Å². The van der Waals surface area contributed by atoms with Crippen molar-refractivity contribution in [2.45, 2.75) is 40.7 Å². The number of benzene rings is 1. The van der Waals surface area contributed by atoms with Gasteiger partial charge in [0.25, 0.3) is 11.5 Å². The Bertz CT molecular complexity index is 1130. The van der Waals surface area contributed by atoms with Crippen molar-refractivity contribution in [2.24, 2.45) is 0 Å². The highest BCUT2D eigenvalue weighted by Gasteiger charge is 2.24. The number of ether oxygens (including phenoxy) is 1. The van der Waals surface area contributed by atoms with Crippen molar-refractivity contribution in [3.63, 3.8) is 0 Å². The number of nitrogens with one attached hydrogen (secondary N) is 2. The Balaban J connectivity index is 1.80. The first-order valence-corrected chi connectivity index (χ1v) is 9.58. The van der Waals surface area contributed by atoms with Gasteiger partial charge in [-0.1, -0.05) is 18.2 Å². The number of para-hydroxylation sites is 1. The third-order valence-electron chi connectivity index (χ3n) is 4.49. The fourth-order valence-electron chi connectivity index (χ4n) is 2.95. The second-order valence-corrected chi connectivity index (χ2v) is 7.69. The van der Waals surface area contributed by atoms with Crippen molar-refractivity contribution in [3.8, 4) is 0 Å². The van der Waals surface area contributed by atoms with Crippen molar-refractivity contribution in [2.75, 3.05) is 5.32 Å². The fraction of sp³-hybridized carbons (Fsp3) is 0.300. The first kappa shape index (κ1) is 19.8. The Morgan fingerprint density at radius 2 is 1.82 bits per heavy atom. The van der Waals surface area contributed by atoms with E-state index in [9.17, 15) is 14.4 Å². The van der Waals surface area contributed by atoms with Crippen LogP contribution in [0.1, 0.15) is 39.1 Å². The normalized spacial score (nSPS) is 12.0. The quantitative estimate of drug-likeness (QED) is 0.655. The maximum absolute atomic E-state index is 12.6. The molecule has 0 unspecified atom stereocenters. The van der Waals surface area contributed by atoms with Gasteiger partial charge >= 0.3 is 5.97 Å². The number of amides is 1. The Kier molecular flexibility index (Phi) is 5.33. The summed E-state index contributed by atoms with van der Waals surface area (Å²) in [6.07, 6.45) is -0.996. The smallest absolute Gasteiger partial charge is 0.349 e. The molecule has 0 aliphatic carbocycles. The average molecular weight is 399 g/mol. The Morgan fingerprint density at radius 3 is 2.46 bits per heavy atom. The summed E-state index contributed by atoms with van der Waals surface area (Å²) in [5.41, 5.74) is 2.76. The third kappa shape index (κ3) is 3.68. The largest absolute Gasteiger partial charge is 0.448 e. The molecule has 146 valence electrons. The Labute approximate surface area is 165 Å². The summed E-state index contributed by atoms with van der Waals surface area (Å²) in [7, 11) is 0. The van der Waals surface area contributed by atoms with Crippen LogP contribution in [0.4, 0.5) is 5.69 Å². The third-order valence-corrected chi connectivity index (χ3v) is 5.65. The van der Waals surface area contributed by atoms with E-state index in [4.69, 9.17) is 4.74 Å². The average Bonchev–Trinajstić information content (AvgIpc) is 2.94. The molecule has 8 heteroatoms. The minimum atomic E-state index is -0.996. The van der Waals surface area contributed by atoms with E-state index in [-0.39, 0.29) is 10.4 Å². The molecular weight excluding hydrogens is 378 g/mol. The number of carbonyl (C=O) groups is 2. The predicted molar refractivity (Wildman–Crippen MR) is 109 cm³/mol. The summed E-state index contributed by atoms with van der Waals surface area (Å²) in [4.78, 5) is 44.9. The Hall–Kier alpha value is -3.00. The van der Waals surface area contributed by atoms with Gasteiger partial charge in [0.05, 0.1) is 5.39 Å². The first-order valence-electron chi connectivity index (χ1n) is 8.77. The zero-order valence-electron chi connectivity index (χ0n) is 16.3. The molecule has 0 fully saturated rings. The maximum atomic E-state index is 12.6. The van der Waals surface area contributed by atoms with Crippen LogP contribution in [0, 0.1) is 27.7 Å². The van der Waals surface area contributed by atoms with Gasteiger partial charge in [-0.3, -0.25) is 9.59 Å². The summed E-state index contributed by atoms with van der Waals surface area (Å²) in [5, 5.41) is 3.18. The topological polar surface area (TPSA) is 101 Å². The molecule has 0 spiro atoms. The van der Waals surface area contributed by atoms with E-state index in [1.165, 1.54) is 6.92 Å². The highest BCUT2D eigenvalue weighted by Crippen LogP contribution is 2.28. The van der Waals surface area contributed by atoms with Crippen LogP contribution in [0.5, 0.6) is 0 Å². The van der Waals surface area contributed by atoms with E-state index < -0.39 is 18.0 Å². The second-order valence-electron chi connectivity index (χ2n) is 6.69. The number of anilines is 1. The van der Waals surface area contributed by atoms with Crippen LogP contribution >= 0.6 is 11.3 Å². The van der Waals surface area contributed by atoms with Crippen LogP contribution in [-0.4, -0.2) is 27.9 Å². The second kappa shape index (κ2) is 7.55. The molecule has 1 atom stereocenters. The number of carbonyl (C=O) groups excluding carboxylic acids is 2. The van der Waals surface area contributed by atoms with Crippen LogP contribution in [-0.2, 0) is 9.53 Å². The van der Waals surface area contributed by atoms with Crippen molar-refractivity contribution >= 4 is 39.1 Å². The number of hydrogen-bond donors (Lipinski definition) is 2. The van der Waals surface area contributed by atoms with E-state index in [0.29, 0.717) is 27.3 Å². The minimum absolute atomic E-state index is 0.269. The molecule has 7 nitrogen and oxygen atoms in total. The maximum Gasteiger partial charge on any atom is 0.349 e. The van der Waals surface area contributed by atoms with Crippen molar-refractivity contribution < 1.29 is 14.3 Å². The highest BCUT2D eigenvalue weighted by atomic mass is 32.1. The summed E-state index contributed by atoms with van der Waals surface area (Å²) in [6.45, 7) is 8.65. The molecule has 0 radical (unpaired) electrons. The van der Waals surface area contributed by atoms with Gasteiger partial charge in [-0.2, -0.15) is 0 Å². The lowest BCUT2D eigenvalue weighted by Crippen LogP contribution is -2.30. The number of esters is 1. The van der Waals surface area contributed by atoms with Crippen LogP contribution < -0.4 is 10.9 Å². The molecule has 1 aromatic carbocycles. The van der Waals surface area contributed by atoms with E-state index in [1.54, 1.807) is 13.8 Å². The number of thiophene rings is 1. The number of aryl methyl sites for hydroxylation is 4. The molecule has 0 aliphatic rings. The van der Waals surface area contributed by atoms with Gasteiger partial charge in [0, 0.05) is 5.69 Å². The van der Waals surface area contributed by atoms with Crippen LogP contribution in [0.2, 0.25) is 0 Å². The van der Waals surface area contributed by atoms with Crippen LogP contribution in [0.25, 0.3) is 10.2 Å². The molecule has 0 saturated carbocycles. The van der Waals surface area contributed by atoms with Gasteiger partial charge < -0.3 is 15.0 Å². The van der Waals surface area contributed by atoms with Gasteiger partial charge in [0.15, 0.2) is 6.10 Å². The summed E-state index contributed by atoms with van der Waals surface area (Å²) in [6, 6.07) is 5.70. The number of fused-ring (bicyclic) bond motifs is 1. The van der Waals surface area contributed by atoms with Crippen molar-refractivity contribution in [1.82, 2.24) is 9.97 Å². The van der Waals surface area contributed by atoms with Gasteiger partial charge in [0.2, 0.25) is 0 Å². The number of H-pyrrole nitrogens is 1. The van der Waals surface area contributed by atoms with E-state index in [1.807, 2.05) is 32.0 Å². The number of aromatic amines is 1. The summed E-state index contributed by atoms with van der Waals surface area (Å²) < 4.78 is 5.35. The van der Waals surface area contributed by atoms with Gasteiger partial charge in [-0.25, -0.2) is 9.78 Å². The lowest BCUT2D eigenvalue weighted by Gasteiger charge is -2.16. The van der Waals surface area contributed by atoms with Crippen molar-refractivity contribution in [3.05, 3.63) is 55.9 Å². The molecular formula is C20H21N3O4S. The monoisotopic (exact) mass is 399 g/mol. The first-order chi connectivity index (χ1) is 13.2. The zero-order chi connectivity index (χ0) is 20.6. The highest BCUT2D eigenvalue weighted by molar-refractivity contribution is 7.20. The zero-order valence-corrected chi connectivity index (χ0v) is 17.1.